The first-order chi connectivity index (χ1) is 13.9. The maximum absolute atomic E-state index is 13.8. The van der Waals surface area contributed by atoms with Crippen LogP contribution in [0.25, 0.3) is 0 Å². The summed E-state index contributed by atoms with van der Waals surface area (Å²) in [5.41, 5.74) is -2.54. The van der Waals surface area contributed by atoms with Crippen molar-refractivity contribution in [2.75, 3.05) is 6.61 Å². The molecule has 2 rings (SSSR count). The lowest BCUT2D eigenvalue weighted by atomic mass is 9.58. The van der Waals surface area contributed by atoms with Gasteiger partial charge in [0, 0.05) is 11.5 Å². The predicted molar refractivity (Wildman–Crippen MR) is 114 cm³/mol. The van der Waals surface area contributed by atoms with E-state index in [0.717, 1.165) is 0 Å². The molecule has 0 radical (unpaired) electrons. The number of rotatable bonds is 6. The molecule has 0 aliphatic heterocycles. The van der Waals surface area contributed by atoms with Crippen molar-refractivity contribution in [2.45, 2.75) is 72.7 Å². The van der Waals surface area contributed by atoms with Gasteiger partial charge in [-0.25, -0.2) is 4.79 Å². The van der Waals surface area contributed by atoms with Crippen LogP contribution in [-0.2, 0) is 14.3 Å². The van der Waals surface area contributed by atoms with Gasteiger partial charge in [0.15, 0.2) is 17.5 Å². The molecule has 0 aromatic carbocycles. The molecule has 0 heterocycles. The third-order valence-electron chi connectivity index (χ3n) is 6.75. The predicted octanol–water partition coefficient (Wildman–Crippen LogP) is 2.72. The van der Waals surface area contributed by atoms with Crippen molar-refractivity contribution in [3.05, 3.63) is 34.9 Å². The summed E-state index contributed by atoms with van der Waals surface area (Å²) in [6, 6.07) is 0. The van der Waals surface area contributed by atoms with Gasteiger partial charge in [-0.2, -0.15) is 0 Å². The number of carbonyl (C=O) groups excluding carboxylic acids is 2. The van der Waals surface area contributed by atoms with E-state index in [-0.39, 0.29) is 23.2 Å². The molecule has 0 unspecified atom stereocenters. The molecular formula is C24H36O6. The molecule has 0 saturated heterocycles. The largest absolute Gasteiger partial charge is 0.451 e. The second-order valence-electron chi connectivity index (χ2n) is 9.33. The summed E-state index contributed by atoms with van der Waals surface area (Å²) in [6.45, 7) is 12.1. The fourth-order valence-corrected chi connectivity index (χ4v) is 5.21. The Labute approximate surface area is 179 Å². The highest BCUT2D eigenvalue weighted by atomic mass is 16.6. The topological polar surface area (TPSA) is 104 Å². The smallest absolute Gasteiger partial charge is 0.334 e. The number of aliphatic hydroxyl groups is 3. The lowest BCUT2D eigenvalue weighted by Gasteiger charge is -2.49. The fourth-order valence-electron chi connectivity index (χ4n) is 5.21. The van der Waals surface area contributed by atoms with Gasteiger partial charge in [-0.05, 0) is 50.2 Å². The average Bonchev–Trinajstić information content (AvgIpc) is 2.89. The number of ether oxygens (including phenoxy) is 1. The Kier molecular flexibility index (Phi) is 7.17. The van der Waals surface area contributed by atoms with Crippen molar-refractivity contribution in [3.8, 4) is 0 Å². The van der Waals surface area contributed by atoms with Crippen molar-refractivity contribution in [2.24, 2.45) is 23.2 Å². The number of allylic oxidation sites excluding steroid dienone is 2. The van der Waals surface area contributed by atoms with Crippen LogP contribution in [0.5, 0.6) is 0 Å². The number of hydrogen-bond acceptors (Lipinski definition) is 6. The van der Waals surface area contributed by atoms with E-state index < -0.39 is 41.7 Å². The number of Topliss-reactive ketones (excluding diaryl/α,β-unsaturated/α-hetero) is 1. The molecule has 0 aromatic rings. The maximum Gasteiger partial charge on any atom is 0.334 e. The number of aliphatic hydroxyl groups excluding tert-OH is 2. The molecule has 0 bridgehead atoms. The summed E-state index contributed by atoms with van der Waals surface area (Å²) >= 11 is 0. The first-order valence-electron chi connectivity index (χ1n) is 10.7. The van der Waals surface area contributed by atoms with Gasteiger partial charge in [0.2, 0.25) is 0 Å². The van der Waals surface area contributed by atoms with Crippen molar-refractivity contribution < 1.29 is 29.6 Å². The molecular weight excluding hydrogens is 384 g/mol. The summed E-state index contributed by atoms with van der Waals surface area (Å²) in [5, 5.41) is 33.3. The van der Waals surface area contributed by atoms with Gasteiger partial charge in [0.1, 0.15) is 6.10 Å². The molecule has 3 N–H and O–H groups in total. The Morgan fingerprint density at radius 3 is 2.43 bits per heavy atom. The van der Waals surface area contributed by atoms with Crippen LogP contribution in [0.1, 0.15) is 54.9 Å². The highest BCUT2D eigenvalue weighted by Crippen LogP contribution is 2.57. The van der Waals surface area contributed by atoms with E-state index in [0.29, 0.717) is 17.6 Å². The van der Waals surface area contributed by atoms with E-state index in [1.54, 1.807) is 39.8 Å². The molecule has 0 amide bonds. The summed E-state index contributed by atoms with van der Waals surface area (Å²) in [4.78, 5) is 26.3. The molecule has 0 spiro atoms. The van der Waals surface area contributed by atoms with Crippen LogP contribution < -0.4 is 0 Å². The van der Waals surface area contributed by atoms with Crippen LogP contribution >= 0.6 is 0 Å². The van der Waals surface area contributed by atoms with Gasteiger partial charge in [-0.3, -0.25) is 4.79 Å². The van der Waals surface area contributed by atoms with Crippen molar-refractivity contribution >= 4 is 11.8 Å². The summed E-state index contributed by atoms with van der Waals surface area (Å²) < 4.78 is 5.68. The van der Waals surface area contributed by atoms with Crippen LogP contribution in [0.15, 0.2) is 34.9 Å². The molecule has 2 aliphatic rings. The SMILES string of the molecule is C/C=C(/C)C(=O)O[C@H]1C(C)=C[C@]2([C@H](C)CC(C)C)C(=O)[C@H](C)C=C(CO)[C@@H](O)[C@]12O. The Bertz CT molecular complexity index is 792. The number of ketones is 1. The molecule has 30 heavy (non-hydrogen) atoms. The van der Waals surface area contributed by atoms with Gasteiger partial charge in [-0.1, -0.05) is 45.9 Å². The second-order valence-corrected chi connectivity index (χ2v) is 9.33. The van der Waals surface area contributed by atoms with Crippen LogP contribution in [0.2, 0.25) is 0 Å². The Hall–Kier alpha value is -1.76. The lowest BCUT2D eigenvalue weighted by Crippen LogP contribution is -2.66. The zero-order valence-electron chi connectivity index (χ0n) is 19.1. The lowest BCUT2D eigenvalue weighted by molar-refractivity contribution is -0.202. The van der Waals surface area contributed by atoms with Crippen LogP contribution in [-0.4, -0.2) is 51.5 Å². The van der Waals surface area contributed by atoms with E-state index in [9.17, 15) is 24.9 Å². The monoisotopic (exact) mass is 420 g/mol. The van der Waals surface area contributed by atoms with Crippen LogP contribution in [0.4, 0.5) is 0 Å². The first-order valence-corrected chi connectivity index (χ1v) is 10.7. The van der Waals surface area contributed by atoms with Gasteiger partial charge >= 0.3 is 5.97 Å². The molecule has 0 aromatic heterocycles. The van der Waals surface area contributed by atoms with Crippen molar-refractivity contribution in [3.63, 3.8) is 0 Å². The van der Waals surface area contributed by atoms with E-state index in [1.807, 2.05) is 20.8 Å². The molecule has 6 atom stereocenters. The fraction of sp³-hybridized carbons (Fsp3) is 0.667. The van der Waals surface area contributed by atoms with Gasteiger partial charge < -0.3 is 20.1 Å². The van der Waals surface area contributed by atoms with E-state index in [1.165, 1.54) is 6.08 Å². The number of fused-ring (bicyclic) bond motifs is 1. The number of hydrogen-bond donors (Lipinski definition) is 3. The van der Waals surface area contributed by atoms with Crippen LogP contribution in [0, 0.1) is 23.2 Å². The minimum Gasteiger partial charge on any atom is -0.451 e. The Morgan fingerprint density at radius 2 is 1.93 bits per heavy atom. The van der Waals surface area contributed by atoms with E-state index in [2.05, 4.69) is 0 Å². The normalized spacial score (nSPS) is 35.5. The number of esters is 1. The third kappa shape index (κ3) is 3.59. The highest BCUT2D eigenvalue weighted by molar-refractivity contribution is 5.94. The maximum atomic E-state index is 13.8. The molecule has 6 nitrogen and oxygen atoms in total. The molecule has 0 fully saturated rings. The van der Waals surface area contributed by atoms with E-state index in [4.69, 9.17) is 4.74 Å². The summed E-state index contributed by atoms with van der Waals surface area (Å²) in [7, 11) is 0. The van der Waals surface area contributed by atoms with Crippen molar-refractivity contribution in [1.29, 1.82) is 0 Å². The Balaban J connectivity index is 2.75. The highest BCUT2D eigenvalue weighted by Gasteiger charge is 2.70. The quantitative estimate of drug-likeness (QED) is 0.347. The van der Waals surface area contributed by atoms with Crippen LogP contribution in [0.3, 0.4) is 0 Å². The molecule has 0 saturated carbocycles. The minimum absolute atomic E-state index is 0.156. The molecule has 2 aliphatic carbocycles. The molecule has 168 valence electrons. The summed E-state index contributed by atoms with van der Waals surface area (Å²) in [5.74, 6) is -1.59. The standard InChI is InChI=1S/C24H36O6/c1-8-14(4)22(28)30-21-16(6)11-23(17(7)9-13(2)3)19(26)15(5)10-18(12-25)20(27)24(21,23)29/h8,10-11,13,15,17,20-21,25,27,29H,9,12H2,1-7H3/b14-8-/t15-,17-,20-,21+,23+,24+/m1/s1. The second kappa shape index (κ2) is 8.77. The zero-order chi connectivity index (χ0) is 23.0. The van der Waals surface area contributed by atoms with Gasteiger partial charge in [0.25, 0.3) is 0 Å². The molecule has 6 heteroatoms. The number of carbonyl (C=O) groups is 2. The Morgan fingerprint density at radius 1 is 1.33 bits per heavy atom. The average molecular weight is 421 g/mol. The third-order valence-corrected chi connectivity index (χ3v) is 6.75. The zero-order valence-corrected chi connectivity index (χ0v) is 19.1. The van der Waals surface area contributed by atoms with Crippen molar-refractivity contribution in [1.82, 2.24) is 0 Å². The summed E-state index contributed by atoms with van der Waals surface area (Å²) in [6.07, 6.45) is 2.66. The van der Waals surface area contributed by atoms with Gasteiger partial charge in [0.05, 0.1) is 12.0 Å². The minimum atomic E-state index is -2.12. The van der Waals surface area contributed by atoms with Gasteiger partial charge in [-0.15, -0.1) is 0 Å². The van der Waals surface area contributed by atoms with E-state index >= 15 is 0 Å². The first kappa shape index (κ1) is 24.5.